The summed E-state index contributed by atoms with van der Waals surface area (Å²) in [6, 6.07) is 0. The molecule has 0 unspecified atom stereocenters. The van der Waals surface area contributed by atoms with E-state index < -0.39 is 5.09 Å². The zero-order valence-electron chi connectivity index (χ0n) is 8.05. The minimum absolute atomic E-state index is 0. The van der Waals surface area contributed by atoms with Crippen molar-refractivity contribution in [3.05, 3.63) is 10.1 Å². The lowest BCUT2D eigenvalue weighted by Gasteiger charge is -2.29. The molecule has 0 aromatic rings. The molecule has 84 valence electrons. The Morgan fingerprint density at radius 1 is 1.36 bits per heavy atom. The Balaban J connectivity index is 0.00000169. The van der Waals surface area contributed by atoms with Crippen LogP contribution in [0.4, 0.5) is 0 Å². The van der Waals surface area contributed by atoms with Gasteiger partial charge in [-0.25, -0.2) is 0 Å². The Kier molecular flexibility index (Phi) is 6.57. The maximum atomic E-state index is 9.99. The van der Waals surface area contributed by atoms with Gasteiger partial charge in [0.2, 0.25) is 0 Å². The van der Waals surface area contributed by atoms with Crippen LogP contribution in [0.25, 0.3) is 0 Å². The molecule has 0 spiro atoms. The molecule has 1 aliphatic carbocycles. The maximum Gasteiger partial charge on any atom is 0.294 e. The quantitative estimate of drug-likeness (QED) is 0.578. The van der Waals surface area contributed by atoms with Crippen LogP contribution in [0.1, 0.15) is 25.7 Å². The third-order valence-corrected chi connectivity index (χ3v) is 2.76. The molecule has 5 nitrogen and oxygen atoms in total. The largest absolute Gasteiger partial charge is 0.330 e. The van der Waals surface area contributed by atoms with E-state index in [2.05, 4.69) is 4.84 Å². The summed E-state index contributed by atoms with van der Waals surface area (Å²) in [6.45, 7) is 0.834. The first-order valence-corrected chi connectivity index (χ1v) is 4.71. The monoisotopic (exact) mass is 224 g/mol. The Labute approximate surface area is 89.5 Å². The van der Waals surface area contributed by atoms with Crippen LogP contribution in [0.15, 0.2) is 0 Å². The van der Waals surface area contributed by atoms with Crippen molar-refractivity contribution in [3.63, 3.8) is 0 Å². The van der Waals surface area contributed by atoms with Crippen LogP contribution in [0.2, 0.25) is 0 Å². The standard InChI is InChI=1S/C8H16N2O3.ClH/c9-5-7-3-1-2-4-8(7)6-13-10(11)12;/h7-8H,1-6,9H2;1H/t7-,8+;/m0./s1. The van der Waals surface area contributed by atoms with Crippen molar-refractivity contribution in [1.82, 2.24) is 0 Å². The van der Waals surface area contributed by atoms with Crippen molar-refractivity contribution < 1.29 is 9.92 Å². The first kappa shape index (κ1) is 13.4. The van der Waals surface area contributed by atoms with Crippen LogP contribution < -0.4 is 5.73 Å². The van der Waals surface area contributed by atoms with Gasteiger partial charge in [0.25, 0.3) is 5.09 Å². The highest BCUT2D eigenvalue weighted by Gasteiger charge is 2.24. The molecule has 0 aromatic heterocycles. The Hall–Kier alpha value is -0.550. The number of nitrogens with two attached hydrogens (primary N) is 1. The summed E-state index contributed by atoms with van der Waals surface area (Å²) in [5, 5.41) is 9.27. The van der Waals surface area contributed by atoms with Crippen LogP contribution in [0.5, 0.6) is 0 Å². The molecule has 0 saturated heterocycles. The summed E-state index contributed by atoms with van der Waals surface area (Å²) < 4.78 is 0. The van der Waals surface area contributed by atoms with Gasteiger partial charge in [0.15, 0.2) is 0 Å². The van der Waals surface area contributed by atoms with E-state index >= 15 is 0 Å². The normalized spacial score (nSPS) is 26.4. The van der Waals surface area contributed by atoms with Crippen molar-refractivity contribution in [2.24, 2.45) is 17.6 Å². The van der Waals surface area contributed by atoms with Gasteiger partial charge in [-0.3, -0.25) is 0 Å². The highest BCUT2D eigenvalue weighted by atomic mass is 35.5. The van der Waals surface area contributed by atoms with Gasteiger partial charge >= 0.3 is 0 Å². The minimum atomic E-state index is -0.720. The summed E-state index contributed by atoms with van der Waals surface area (Å²) >= 11 is 0. The van der Waals surface area contributed by atoms with Crippen molar-refractivity contribution in [3.8, 4) is 0 Å². The van der Waals surface area contributed by atoms with E-state index in [-0.39, 0.29) is 24.9 Å². The van der Waals surface area contributed by atoms with E-state index in [1.54, 1.807) is 0 Å². The second-order valence-corrected chi connectivity index (χ2v) is 3.56. The molecule has 14 heavy (non-hydrogen) atoms. The Morgan fingerprint density at radius 2 is 1.93 bits per heavy atom. The highest BCUT2D eigenvalue weighted by molar-refractivity contribution is 5.85. The lowest BCUT2D eigenvalue weighted by atomic mass is 9.80. The first-order valence-electron chi connectivity index (χ1n) is 4.71. The van der Waals surface area contributed by atoms with Crippen molar-refractivity contribution in [2.75, 3.05) is 13.2 Å². The predicted octanol–water partition coefficient (Wildman–Crippen LogP) is 1.38. The van der Waals surface area contributed by atoms with Crippen molar-refractivity contribution in [2.45, 2.75) is 25.7 Å². The third kappa shape index (κ3) is 4.11. The van der Waals surface area contributed by atoms with Gasteiger partial charge in [-0.2, -0.15) is 0 Å². The third-order valence-electron chi connectivity index (χ3n) is 2.76. The summed E-state index contributed by atoms with van der Waals surface area (Å²) in [4.78, 5) is 14.4. The fourth-order valence-electron chi connectivity index (χ4n) is 1.97. The topological polar surface area (TPSA) is 78.4 Å². The molecule has 2 atom stereocenters. The molecule has 0 aromatic carbocycles. The highest BCUT2D eigenvalue weighted by Crippen LogP contribution is 2.29. The van der Waals surface area contributed by atoms with E-state index in [0.29, 0.717) is 12.5 Å². The molecular weight excluding hydrogens is 208 g/mol. The maximum absolute atomic E-state index is 9.99. The summed E-state index contributed by atoms with van der Waals surface area (Å²) in [7, 11) is 0. The SMILES string of the molecule is Cl.NC[C@@H]1CCCC[C@@H]1CO[N+](=O)[O-]. The minimum Gasteiger partial charge on any atom is -0.330 e. The van der Waals surface area contributed by atoms with Crippen molar-refractivity contribution >= 4 is 12.4 Å². The lowest BCUT2D eigenvalue weighted by Crippen LogP contribution is -2.30. The summed E-state index contributed by atoms with van der Waals surface area (Å²) in [6.07, 6.45) is 4.43. The zero-order valence-corrected chi connectivity index (χ0v) is 8.87. The molecule has 2 N–H and O–H groups in total. The molecule has 0 bridgehead atoms. The number of rotatable bonds is 4. The van der Waals surface area contributed by atoms with Gasteiger partial charge in [0.05, 0.1) is 6.61 Å². The average molecular weight is 225 g/mol. The second-order valence-electron chi connectivity index (χ2n) is 3.56. The molecule has 1 aliphatic rings. The van der Waals surface area contributed by atoms with E-state index in [4.69, 9.17) is 5.73 Å². The summed E-state index contributed by atoms with van der Waals surface area (Å²) in [5.74, 6) is 0.692. The van der Waals surface area contributed by atoms with Crippen LogP contribution in [-0.2, 0) is 4.84 Å². The van der Waals surface area contributed by atoms with E-state index in [1.165, 1.54) is 6.42 Å². The molecule has 0 aliphatic heterocycles. The van der Waals surface area contributed by atoms with Crippen molar-refractivity contribution in [1.29, 1.82) is 0 Å². The number of hydrogen-bond acceptors (Lipinski definition) is 4. The van der Waals surface area contributed by atoms with Crippen LogP contribution >= 0.6 is 12.4 Å². The molecule has 1 fully saturated rings. The number of nitrogens with zero attached hydrogens (tertiary/aromatic N) is 1. The zero-order chi connectivity index (χ0) is 9.68. The number of hydrogen-bond donors (Lipinski definition) is 1. The second kappa shape index (κ2) is 6.84. The molecule has 1 saturated carbocycles. The van der Waals surface area contributed by atoms with Crippen LogP contribution in [0, 0.1) is 22.0 Å². The van der Waals surface area contributed by atoms with Crippen LogP contribution in [-0.4, -0.2) is 18.2 Å². The van der Waals surface area contributed by atoms with Gasteiger partial charge in [0.1, 0.15) is 0 Å². The van der Waals surface area contributed by atoms with Gasteiger partial charge in [-0.1, -0.05) is 12.8 Å². The van der Waals surface area contributed by atoms with E-state index in [0.717, 1.165) is 19.3 Å². The molecule has 6 heteroatoms. The van der Waals surface area contributed by atoms with Gasteiger partial charge in [-0.15, -0.1) is 22.5 Å². The molecule has 0 heterocycles. The van der Waals surface area contributed by atoms with Gasteiger partial charge in [0, 0.05) is 0 Å². The Morgan fingerprint density at radius 3 is 2.43 bits per heavy atom. The fraction of sp³-hybridized carbons (Fsp3) is 1.00. The lowest BCUT2D eigenvalue weighted by molar-refractivity contribution is -0.759. The molecular formula is C8H17ClN2O3. The smallest absolute Gasteiger partial charge is 0.294 e. The first-order chi connectivity index (χ1) is 6.24. The fourth-order valence-corrected chi connectivity index (χ4v) is 1.97. The Bertz CT molecular complexity index is 180. The summed E-state index contributed by atoms with van der Waals surface area (Å²) in [5.41, 5.74) is 5.57. The van der Waals surface area contributed by atoms with Gasteiger partial charge < -0.3 is 10.6 Å². The number of halogens is 1. The average Bonchev–Trinajstić information content (AvgIpc) is 2.15. The van der Waals surface area contributed by atoms with Crippen LogP contribution in [0.3, 0.4) is 0 Å². The van der Waals surface area contributed by atoms with E-state index in [9.17, 15) is 10.1 Å². The predicted molar refractivity (Wildman–Crippen MR) is 54.7 cm³/mol. The van der Waals surface area contributed by atoms with Gasteiger partial charge in [-0.05, 0) is 31.2 Å². The molecule has 0 amide bonds. The van der Waals surface area contributed by atoms with E-state index in [1.807, 2.05) is 0 Å². The molecule has 1 rings (SSSR count). The molecule has 0 radical (unpaired) electrons.